The van der Waals surface area contributed by atoms with E-state index in [0.29, 0.717) is 0 Å². The van der Waals surface area contributed by atoms with Crippen LogP contribution in [0.25, 0.3) is 0 Å². The van der Waals surface area contributed by atoms with E-state index in [9.17, 15) is 4.79 Å². The Morgan fingerprint density at radius 3 is 2.56 bits per heavy atom. The van der Waals surface area contributed by atoms with Crippen molar-refractivity contribution in [2.75, 3.05) is 6.54 Å². The molecule has 0 aliphatic rings. The number of carboxylic acids is 1. The van der Waals surface area contributed by atoms with E-state index in [4.69, 9.17) is 5.11 Å². The van der Waals surface area contributed by atoms with Gasteiger partial charge in [-0.05, 0) is 24.1 Å². The summed E-state index contributed by atoms with van der Waals surface area (Å²) in [5.74, 6) is -0.773. The molecule has 1 rings (SSSR count). The monoisotopic (exact) mass is 249 g/mol. The van der Waals surface area contributed by atoms with Crippen molar-refractivity contribution in [3.8, 4) is 0 Å². The summed E-state index contributed by atoms with van der Waals surface area (Å²) in [5, 5.41) is 12.2. The van der Waals surface area contributed by atoms with Crippen LogP contribution in [0.4, 0.5) is 0 Å². The molecule has 0 aromatic heterocycles. The van der Waals surface area contributed by atoms with Gasteiger partial charge in [0.15, 0.2) is 0 Å². The largest absolute Gasteiger partial charge is 0.481 e. The van der Waals surface area contributed by atoms with Crippen LogP contribution in [0.1, 0.15) is 43.7 Å². The molecule has 0 aliphatic heterocycles. The Labute approximate surface area is 109 Å². The number of hydrogen-bond acceptors (Lipinski definition) is 2. The third-order valence-corrected chi connectivity index (χ3v) is 2.98. The third-order valence-electron chi connectivity index (χ3n) is 2.98. The fourth-order valence-corrected chi connectivity index (χ4v) is 1.97. The number of hydrogen-bond donors (Lipinski definition) is 2. The van der Waals surface area contributed by atoms with Gasteiger partial charge in [0.1, 0.15) is 0 Å². The molecule has 3 heteroatoms. The van der Waals surface area contributed by atoms with Gasteiger partial charge < -0.3 is 10.4 Å². The van der Waals surface area contributed by atoms with Crippen LogP contribution in [-0.4, -0.2) is 17.6 Å². The van der Waals surface area contributed by atoms with Gasteiger partial charge in [0.25, 0.3) is 0 Å². The number of aliphatic carboxylic acids is 1. The predicted octanol–water partition coefficient (Wildman–Crippen LogP) is 2.98. The van der Waals surface area contributed by atoms with Gasteiger partial charge in [-0.15, -0.1) is 0 Å². The number of unbranched alkanes of at least 4 members (excludes halogenated alkanes) is 3. The van der Waals surface area contributed by atoms with Crippen LogP contribution in [0.3, 0.4) is 0 Å². The van der Waals surface area contributed by atoms with Crippen LogP contribution in [0, 0.1) is 0 Å². The molecule has 0 atom stereocenters. The molecule has 2 N–H and O–H groups in total. The minimum atomic E-state index is -0.773. The molecule has 0 bridgehead atoms. The molecule has 1 aromatic rings. The Morgan fingerprint density at radius 2 is 1.89 bits per heavy atom. The van der Waals surface area contributed by atoms with E-state index in [1.54, 1.807) is 0 Å². The zero-order valence-electron chi connectivity index (χ0n) is 11.1. The van der Waals surface area contributed by atoms with Crippen LogP contribution in [0.2, 0.25) is 0 Å². The quantitative estimate of drug-likeness (QED) is 0.661. The van der Waals surface area contributed by atoms with Gasteiger partial charge in [-0.25, -0.2) is 0 Å². The lowest BCUT2D eigenvalue weighted by atomic mass is 10.0. The molecule has 1 aromatic carbocycles. The van der Waals surface area contributed by atoms with Crippen molar-refractivity contribution in [3.63, 3.8) is 0 Å². The second-order valence-electron chi connectivity index (χ2n) is 4.58. The summed E-state index contributed by atoms with van der Waals surface area (Å²) in [4.78, 5) is 10.7. The summed E-state index contributed by atoms with van der Waals surface area (Å²) in [6, 6.07) is 7.74. The number of carbonyl (C=O) groups is 1. The van der Waals surface area contributed by atoms with Crippen molar-refractivity contribution in [1.29, 1.82) is 0 Å². The van der Waals surface area contributed by atoms with E-state index >= 15 is 0 Å². The molecular formula is C15H23NO2. The van der Waals surface area contributed by atoms with E-state index in [1.807, 2.05) is 24.3 Å². The topological polar surface area (TPSA) is 49.3 Å². The molecular weight excluding hydrogens is 226 g/mol. The van der Waals surface area contributed by atoms with Crippen molar-refractivity contribution >= 4 is 5.97 Å². The normalized spacial score (nSPS) is 10.5. The zero-order chi connectivity index (χ0) is 13.2. The molecule has 100 valence electrons. The van der Waals surface area contributed by atoms with E-state index in [2.05, 4.69) is 12.2 Å². The fraction of sp³-hybridized carbons (Fsp3) is 0.533. The second-order valence-corrected chi connectivity index (χ2v) is 4.58. The highest BCUT2D eigenvalue weighted by Crippen LogP contribution is 2.09. The van der Waals surface area contributed by atoms with Crippen LogP contribution < -0.4 is 5.32 Å². The second kappa shape index (κ2) is 8.70. The summed E-state index contributed by atoms with van der Waals surface area (Å²) in [5.41, 5.74) is 2.00. The van der Waals surface area contributed by atoms with Crippen LogP contribution in [-0.2, 0) is 17.8 Å². The summed E-state index contributed by atoms with van der Waals surface area (Å²) < 4.78 is 0. The standard InChI is InChI=1S/C15H23NO2/c1-2-3-4-7-10-16-12-14-9-6-5-8-13(14)11-15(17)18/h5-6,8-9,16H,2-4,7,10-12H2,1H3,(H,17,18). The van der Waals surface area contributed by atoms with Gasteiger partial charge in [-0.2, -0.15) is 0 Å². The van der Waals surface area contributed by atoms with Gasteiger partial charge >= 0.3 is 5.97 Å². The first-order chi connectivity index (χ1) is 8.74. The van der Waals surface area contributed by atoms with Crippen LogP contribution in [0.5, 0.6) is 0 Å². The molecule has 0 amide bonds. The van der Waals surface area contributed by atoms with Gasteiger partial charge in [-0.3, -0.25) is 4.79 Å². The Bertz CT molecular complexity index is 363. The lowest BCUT2D eigenvalue weighted by Crippen LogP contribution is -2.16. The number of rotatable bonds is 9. The number of benzene rings is 1. The molecule has 0 saturated carbocycles. The average molecular weight is 249 g/mol. The molecule has 18 heavy (non-hydrogen) atoms. The molecule has 0 fully saturated rings. The van der Waals surface area contributed by atoms with Gasteiger partial charge in [0.05, 0.1) is 6.42 Å². The summed E-state index contributed by atoms with van der Waals surface area (Å²) >= 11 is 0. The van der Waals surface area contributed by atoms with Crippen molar-refractivity contribution in [2.24, 2.45) is 0 Å². The van der Waals surface area contributed by atoms with E-state index in [0.717, 1.165) is 24.2 Å². The van der Waals surface area contributed by atoms with Gasteiger partial charge in [-0.1, -0.05) is 50.5 Å². The molecule has 0 unspecified atom stereocenters. The first-order valence-electron chi connectivity index (χ1n) is 6.73. The first kappa shape index (κ1) is 14.7. The highest BCUT2D eigenvalue weighted by molar-refractivity contribution is 5.70. The lowest BCUT2D eigenvalue weighted by molar-refractivity contribution is -0.136. The minimum absolute atomic E-state index is 0.105. The van der Waals surface area contributed by atoms with Crippen molar-refractivity contribution in [2.45, 2.75) is 45.6 Å². The van der Waals surface area contributed by atoms with E-state index in [-0.39, 0.29) is 6.42 Å². The Hall–Kier alpha value is -1.35. The highest BCUT2D eigenvalue weighted by Gasteiger charge is 2.05. The Balaban J connectivity index is 2.34. The number of carboxylic acid groups (broad SMARTS) is 1. The van der Waals surface area contributed by atoms with E-state index in [1.165, 1.54) is 25.7 Å². The molecule has 0 radical (unpaired) electrons. The summed E-state index contributed by atoms with van der Waals surface area (Å²) in [6.07, 6.45) is 5.10. The van der Waals surface area contributed by atoms with Crippen molar-refractivity contribution in [1.82, 2.24) is 5.32 Å². The summed E-state index contributed by atoms with van der Waals surface area (Å²) in [7, 11) is 0. The maximum absolute atomic E-state index is 10.7. The van der Waals surface area contributed by atoms with Crippen molar-refractivity contribution in [3.05, 3.63) is 35.4 Å². The molecule has 0 spiro atoms. The van der Waals surface area contributed by atoms with Crippen LogP contribution >= 0.6 is 0 Å². The highest BCUT2D eigenvalue weighted by atomic mass is 16.4. The van der Waals surface area contributed by atoms with E-state index < -0.39 is 5.97 Å². The maximum atomic E-state index is 10.7. The minimum Gasteiger partial charge on any atom is -0.481 e. The van der Waals surface area contributed by atoms with Gasteiger partial charge in [0, 0.05) is 6.54 Å². The fourth-order valence-electron chi connectivity index (χ4n) is 1.97. The first-order valence-corrected chi connectivity index (χ1v) is 6.73. The zero-order valence-corrected chi connectivity index (χ0v) is 11.1. The smallest absolute Gasteiger partial charge is 0.307 e. The SMILES string of the molecule is CCCCCCNCc1ccccc1CC(=O)O. The number of nitrogens with one attached hydrogen (secondary N) is 1. The van der Waals surface area contributed by atoms with Gasteiger partial charge in [0.2, 0.25) is 0 Å². The predicted molar refractivity (Wildman–Crippen MR) is 73.6 cm³/mol. The molecule has 0 aliphatic carbocycles. The summed E-state index contributed by atoms with van der Waals surface area (Å²) in [6.45, 7) is 3.96. The Morgan fingerprint density at radius 1 is 1.17 bits per heavy atom. The Kier molecular flexibility index (Phi) is 7.11. The van der Waals surface area contributed by atoms with Crippen molar-refractivity contribution < 1.29 is 9.90 Å². The maximum Gasteiger partial charge on any atom is 0.307 e. The molecule has 0 saturated heterocycles. The van der Waals surface area contributed by atoms with Crippen LogP contribution in [0.15, 0.2) is 24.3 Å². The average Bonchev–Trinajstić information content (AvgIpc) is 2.35. The molecule has 3 nitrogen and oxygen atoms in total. The molecule has 0 heterocycles. The third kappa shape index (κ3) is 5.82. The lowest BCUT2D eigenvalue weighted by Gasteiger charge is -2.09.